The van der Waals surface area contributed by atoms with Gasteiger partial charge in [-0.05, 0) is 12.1 Å². The SMILES string of the molecule is CN(C)N(C)S(=O)(=O)c1ccccc1. The molecule has 1 rings (SSSR count). The molecule has 0 N–H and O–H groups in total. The molecule has 0 spiro atoms. The largest absolute Gasteiger partial charge is 0.255 e. The number of rotatable bonds is 3. The Balaban J connectivity index is 3.10. The molecule has 0 fully saturated rings. The molecule has 0 aromatic heterocycles. The lowest BCUT2D eigenvalue weighted by molar-refractivity contribution is 0.160. The van der Waals surface area contributed by atoms with E-state index in [0.717, 1.165) is 0 Å². The van der Waals surface area contributed by atoms with Crippen molar-refractivity contribution >= 4 is 10.0 Å². The summed E-state index contributed by atoms with van der Waals surface area (Å²) in [6.07, 6.45) is 0. The molecule has 4 nitrogen and oxygen atoms in total. The molecule has 0 aliphatic heterocycles. The average molecular weight is 214 g/mol. The Morgan fingerprint density at radius 1 is 1.00 bits per heavy atom. The maximum absolute atomic E-state index is 11.9. The molecule has 0 atom stereocenters. The lowest BCUT2D eigenvalue weighted by atomic mass is 10.4. The Labute approximate surface area is 84.8 Å². The van der Waals surface area contributed by atoms with Crippen LogP contribution in [0.5, 0.6) is 0 Å². The molecule has 0 saturated heterocycles. The Hall–Kier alpha value is -0.910. The summed E-state index contributed by atoms with van der Waals surface area (Å²) in [4.78, 5) is 0.302. The first-order valence-electron chi connectivity index (χ1n) is 4.17. The van der Waals surface area contributed by atoms with E-state index in [1.165, 1.54) is 16.5 Å². The first-order chi connectivity index (χ1) is 6.46. The molecule has 0 aliphatic carbocycles. The molecule has 0 amide bonds. The van der Waals surface area contributed by atoms with Gasteiger partial charge in [-0.25, -0.2) is 13.4 Å². The van der Waals surface area contributed by atoms with Crippen LogP contribution in [0.2, 0.25) is 0 Å². The van der Waals surface area contributed by atoms with Crippen LogP contribution in [0.4, 0.5) is 0 Å². The smallest absolute Gasteiger partial charge is 0.234 e. The topological polar surface area (TPSA) is 40.6 Å². The molecule has 5 heteroatoms. The van der Waals surface area contributed by atoms with Gasteiger partial charge in [-0.1, -0.05) is 18.2 Å². The summed E-state index contributed by atoms with van der Waals surface area (Å²) in [6.45, 7) is 0. The average Bonchev–Trinajstić information content (AvgIpc) is 2.18. The van der Waals surface area contributed by atoms with Crippen molar-refractivity contribution in [2.75, 3.05) is 21.1 Å². The highest BCUT2D eigenvalue weighted by molar-refractivity contribution is 7.89. The predicted octanol–water partition coefficient (Wildman–Crippen LogP) is 0.784. The van der Waals surface area contributed by atoms with Crippen LogP contribution in [0, 0.1) is 0 Å². The van der Waals surface area contributed by atoms with Crippen molar-refractivity contribution in [2.45, 2.75) is 4.90 Å². The predicted molar refractivity (Wildman–Crippen MR) is 55.1 cm³/mol. The van der Waals surface area contributed by atoms with Crippen molar-refractivity contribution in [1.82, 2.24) is 9.42 Å². The van der Waals surface area contributed by atoms with Crippen LogP contribution in [0.15, 0.2) is 35.2 Å². The lowest BCUT2D eigenvalue weighted by Gasteiger charge is -2.23. The third-order valence-electron chi connectivity index (χ3n) is 1.95. The highest BCUT2D eigenvalue weighted by Crippen LogP contribution is 2.13. The van der Waals surface area contributed by atoms with Crippen molar-refractivity contribution in [3.63, 3.8) is 0 Å². The Morgan fingerprint density at radius 2 is 1.50 bits per heavy atom. The summed E-state index contributed by atoms with van der Waals surface area (Å²) in [7, 11) is 1.50. The van der Waals surface area contributed by atoms with Crippen LogP contribution in [-0.2, 0) is 10.0 Å². The van der Waals surface area contributed by atoms with Gasteiger partial charge in [0.25, 0.3) is 10.0 Å². The van der Waals surface area contributed by atoms with Gasteiger partial charge >= 0.3 is 0 Å². The van der Waals surface area contributed by atoms with Gasteiger partial charge in [-0.15, -0.1) is 4.41 Å². The van der Waals surface area contributed by atoms with Crippen molar-refractivity contribution in [2.24, 2.45) is 0 Å². The molecule has 0 saturated carbocycles. The third kappa shape index (κ3) is 2.12. The van der Waals surface area contributed by atoms with Crippen LogP contribution in [0.3, 0.4) is 0 Å². The van der Waals surface area contributed by atoms with Gasteiger partial charge in [0.15, 0.2) is 0 Å². The van der Waals surface area contributed by atoms with Gasteiger partial charge in [0, 0.05) is 21.1 Å². The fourth-order valence-corrected chi connectivity index (χ4v) is 2.20. The summed E-state index contributed by atoms with van der Waals surface area (Å²) < 4.78 is 24.9. The number of hydrogen-bond donors (Lipinski definition) is 0. The zero-order valence-electron chi connectivity index (χ0n) is 8.51. The molecular weight excluding hydrogens is 200 g/mol. The molecule has 0 unspecified atom stereocenters. The fourth-order valence-electron chi connectivity index (χ4n) is 0.960. The van der Waals surface area contributed by atoms with E-state index in [1.54, 1.807) is 44.4 Å². The van der Waals surface area contributed by atoms with Crippen molar-refractivity contribution in [3.05, 3.63) is 30.3 Å². The third-order valence-corrected chi connectivity index (χ3v) is 3.84. The minimum atomic E-state index is -3.38. The minimum Gasteiger partial charge on any atom is -0.234 e. The second-order valence-electron chi connectivity index (χ2n) is 3.10. The second kappa shape index (κ2) is 4.08. The summed E-state index contributed by atoms with van der Waals surface area (Å²) in [5.74, 6) is 0. The Bertz CT molecular complexity index is 387. The normalized spacial score (nSPS) is 12.4. The van der Waals surface area contributed by atoms with Crippen LogP contribution in [0.1, 0.15) is 0 Å². The van der Waals surface area contributed by atoms with E-state index in [2.05, 4.69) is 0 Å². The summed E-state index contributed by atoms with van der Waals surface area (Å²) in [6, 6.07) is 8.35. The number of nitrogens with zero attached hydrogens (tertiary/aromatic N) is 2. The van der Waals surface area contributed by atoms with E-state index >= 15 is 0 Å². The molecule has 0 aliphatic rings. The minimum absolute atomic E-state index is 0.302. The van der Waals surface area contributed by atoms with Crippen LogP contribution in [-0.4, -0.2) is 39.0 Å². The quantitative estimate of drug-likeness (QED) is 0.698. The maximum Gasteiger partial charge on any atom is 0.255 e. The maximum atomic E-state index is 11.9. The van der Waals surface area contributed by atoms with E-state index in [9.17, 15) is 8.42 Å². The molecule has 0 heterocycles. The standard InChI is InChI=1S/C9H14N2O2S/c1-10(2)11(3)14(12,13)9-7-5-4-6-8-9/h4-8H,1-3H3. The van der Waals surface area contributed by atoms with E-state index in [0.29, 0.717) is 4.90 Å². The highest BCUT2D eigenvalue weighted by atomic mass is 32.2. The summed E-state index contributed by atoms with van der Waals surface area (Å²) in [5.41, 5.74) is 0. The van der Waals surface area contributed by atoms with E-state index in [4.69, 9.17) is 0 Å². The second-order valence-corrected chi connectivity index (χ2v) is 5.05. The first kappa shape index (κ1) is 11.2. The van der Waals surface area contributed by atoms with Gasteiger partial charge in [0.2, 0.25) is 0 Å². The number of sulfonamides is 1. The zero-order valence-corrected chi connectivity index (χ0v) is 9.32. The summed E-state index contributed by atoms with van der Waals surface area (Å²) >= 11 is 0. The first-order valence-corrected chi connectivity index (χ1v) is 5.61. The van der Waals surface area contributed by atoms with Gasteiger partial charge < -0.3 is 0 Å². The molecule has 1 aromatic carbocycles. The van der Waals surface area contributed by atoms with Gasteiger partial charge in [0.1, 0.15) is 0 Å². The van der Waals surface area contributed by atoms with Crippen LogP contribution < -0.4 is 0 Å². The van der Waals surface area contributed by atoms with Crippen molar-refractivity contribution in [3.8, 4) is 0 Å². The van der Waals surface area contributed by atoms with Crippen LogP contribution in [0.25, 0.3) is 0 Å². The molecular formula is C9H14N2O2S. The van der Waals surface area contributed by atoms with E-state index < -0.39 is 10.0 Å². The van der Waals surface area contributed by atoms with Gasteiger partial charge in [-0.2, -0.15) is 0 Å². The summed E-state index contributed by atoms with van der Waals surface area (Å²) in [5, 5.41) is 1.52. The monoisotopic (exact) mass is 214 g/mol. The van der Waals surface area contributed by atoms with Gasteiger partial charge in [0.05, 0.1) is 4.90 Å². The van der Waals surface area contributed by atoms with Gasteiger partial charge in [-0.3, -0.25) is 0 Å². The van der Waals surface area contributed by atoms with Crippen molar-refractivity contribution < 1.29 is 8.42 Å². The molecule has 78 valence electrons. The number of hydrogen-bond acceptors (Lipinski definition) is 3. The number of benzene rings is 1. The lowest BCUT2D eigenvalue weighted by Crippen LogP contribution is -2.38. The van der Waals surface area contributed by atoms with E-state index in [-0.39, 0.29) is 0 Å². The fraction of sp³-hybridized carbons (Fsp3) is 0.333. The highest BCUT2D eigenvalue weighted by Gasteiger charge is 2.21. The van der Waals surface area contributed by atoms with E-state index in [1.807, 2.05) is 0 Å². The van der Waals surface area contributed by atoms with Crippen molar-refractivity contribution in [1.29, 1.82) is 0 Å². The number of hydrazine groups is 1. The molecule has 1 aromatic rings. The molecule has 0 bridgehead atoms. The Kier molecular flexibility index (Phi) is 3.25. The zero-order chi connectivity index (χ0) is 10.8. The van der Waals surface area contributed by atoms with Crippen LogP contribution >= 0.6 is 0 Å². The Morgan fingerprint density at radius 3 is 1.93 bits per heavy atom. The molecule has 0 radical (unpaired) electrons. The molecule has 14 heavy (non-hydrogen) atoms.